The molecule has 0 saturated heterocycles. The summed E-state index contributed by atoms with van der Waals surface area (Å²) in [6, 6.07) is 0. The van der Waals surface area contributed by atoms with Gasteiger partial charge in [0.15, 0.2) is 0 Å². The lowest BCUT2D eigenvalue weighted by atomic mass is 10.1. The highest BCUT2D eigenvalue weighted by atomic mass is 16.3. The first-order chi connectivity index (χ1) is 5.81. The largest absolute Gasteiger partial charge is 0.392 e. The summed E-state index contributed by atoms with van der Waals surface area (Å²) >= 11 is 0. The Balaban J connectivity index is 2.90. The van der Waals surface area contributed by atoms with E-state index in [2.05, 4.69) is 6.92 Å². The quantitative estimate of drug-likeness (QED) is 0.552. The number of hydrogen-bond donors (Lipinski definition) is 2. The minimum Gasteiger partial charge on any atom is -0.392 e. The molecule has 0 aliphatic carbocycles. The fourth-order valence-corrected chi connectivity index (χ4v) is 1.28. The van der Waals surface area contributed by atoms with Crippen molar-refractivity contribution >= 4 is 0 Å². The molecule has 0 rings (SSSR count). The Hall–Kier alpha value is -0.0800. The fraction of sp³-hybridized carbons (Fsp3) is 1.00. The van der Waals surface area contributed by atoms with Crippen LogP contribution in [0.25, 0.3) is 0 Å². The van der Waals surface area contributed by atoms with E-state index in [1.807, 2.05) is 0 Å². The van der Waals surface area contributed by atoms with Gasteiger partial charge in [0.2, 0.25) is 0 Å². The second kappa shape index (κ2) is 9.01. The lowest BCUT2D eigenvalue weighted by molar-refractivity contribution is 0.168. The van der Waals surface area contributed by atoms with Crippen LogP contribution in [0, 0.1) is 0 Å². The molecule has 0 saturated carbocycles. The zero-order valence-corrected chi connectivity index (χ0v) is 8.26. The predicted molar refractivity (Wildman–Crippen MR) is 53.1 cm³/mol. The zero-order valence-electron chi connectivity index (χ0n) is 8.26. The Morgan fingerprint density at radius 3 is 2.25 bits per heavy atom. The highest BCUT2D eigenvalue weighted by Gasteiger charge is 1.99. The van der Waals surface area contributed by atoms with Gasteiger partial charge in [-0.25, -0.2) is 0 Å². The maximum atomic E-state index is 9.14. The topological polar surface area (TPSA) is 46.2 Å². The number of nitrogens with two attached hydrogens (primary N) is 1. The van der Waals surface area contributed by atoms with Crippen molar-refractivity contribution in [2.75, 3.05) is 6.54 Å². The first-order valence-electron chi connectivity index (χ1n) is 5.19. The number of rotatable bonds is 8. The Bertz CT molecular complexity index is 85.9. The van der Waals surface area contributed by atoms with Crippen LogP contribution in [0.4, 0.5) is 0 Å². The van der Waals surface area contributed by atoms with Crippen molar-refractivity contribution in [1.29, 1.82) is 0 Å². The third kappa shape index (κ3) is 8.02. The molecule has 0 heterocycles. The van der Waals surface area contributed by atoms with Gasteiger partial charge in [-0.3, -0.25) is 0 Å². The van der Waals surface area contributed by atoms with Gasteiger partial charge in [0, 0.05) is 6.54 Å². The van der Waals surface area contributed by atoms with Gasteiger partial charge in [-0.1, -0.05) is 45.4 Å². The van der Waals surface area contributed by atoms with Crippen LogP contribution in [-0.4, -0.2) is 17.8 Å². The summed E-state index contributed by atoms with van der Waals surface area (Å²) < 4.78 is 0. The van der Waals surface area contributed by atoms with Gasteiger partial charge in [0.05, 0.1) is 6.10 Å². The second-order valence-electron chi connectivity index (χ2n) is 3.45. The van der Waals surface area contributed by atoms with Crippen molar-refractivity contribution in [3.05, 3.63) is 0 Å². The van der Waals surface area contributed by atoms with Crippen LogP contribution in [0.3, 0.4) is 0 Å². The molecule has 2 nitrogen and oxygen atoms in total. The van der Waals surface area contributed by atoms with E-state index < -0.39 is 0 Å². The SMILES string of the molecule is CCCCCCCC[C@H](O)CN. The Kier molecular flexibility index (Phi) is 8.95. The van der Waals surface area contributed by atoms with Gasteiger partial charge in [-0.2, -0.15) is 0 Å². The molecule has 2 heteroatoms. The van der Waals surface area contributed by atoms with Crippen LogP contribution in [0.1, 0.15) is 51.9 Å². The fourth-order valence-electron chi connectivity index (χ4n) is 1.28. The van der Waals surface area contributed by atoms with Crippen molar-refractivity contribution in [2.45, 2.75) is 58.0 Å². The summed E-state index contributed by atoms with van der Waals surface area (Å²) in [6.07, 6.45) is 8.28. The van der Waals surface area contributed by atoms with E-state index in [-0.39, 0.29) is 6.10 Å². The molecule has 1 atom stereocenters. The minimum atomic E-state index is -0.267. The number of hydrogen-bond acceptors (Lipinski definition) is 2. The van der Waals surface area contributed by atoms with E-state index in [0.29, 0.717) is 6.54 Å². The second-order valence-corrected chi connectivity index (χ2v) is 3.45. The maximum absolute atomic E-state index is 9.14. The molecule has 0 radical (unpaired) electrons. The normalized spacial score (nSPS) is 13.2. The Morgan fingerprint density at radius 2 is 1.67 bits per heavy atom. The molecule has 0 amide bonds. The van der Waals surface area contributed by atoms with Crippen molar-refractivity contribution < 1.29 is 5.11 Å². The number of unbranched alkanes of at least 4 members (excludes halogenated alkanes) is 5. The Labute approximate surface area is 76.2 Å². The third-order valence-corrected chi connectivity index (χ3v) is 2.16. The van der Waals surface area contributed by atoms with Gasteiger partial charge in [0.1, 0.15) is 0 Å². The van der Waals surface area contributed by atoms with Crippen LogP contribution in [0.15, 0.2) is 0 Å². The first kappa shape index (κ1) is 11.9. The van der Waals surface area contributed by atoms with Crippen LogP contribution in [0.2, 0.25) is 0 Å². The van der Waals surface area contributed by atoms with Crippen molar-refractivity contribution in [3.63, 3.8) is 0 Å². The van der Waals surface area contributed by atoms with E-state index in [4.69, 9.17) is 10.8 Å². The van der Waals surface area contributed by atoms with Crippen LogP contribution in [0.5, 0.6) is 0 Å². The van der Waals surface area contributed by atoms with E-state index in [9.17, 15) is 0 Å². The summed E-state index contributed by atoms with van der Waals surface area (Å²) in [6.45, 7) is 2.63. The first-order valence-corrected chi connectivity index (χ1v) is 5.19. The number of aliphatic hydroxyl groups is 1. The average molecular weight is 173 g/mol. The summed E-state index contributed by atoms with van der Waals surface area (Å²) in [5.41, 5.74) is 5.28. The molecule has 12 heavy (non-hydrogen) atoms. The molecule has 0 fully saturated rings. The highest BCUT2D eigenvalue weighted by molar-refractivity contribution is 4.55. The molecule has 0 bridgehead atoms. The zero-order chi connectivity index (χ0) is 9.23. The van der Waals surface area contributed by atoms with Gasteiger partial charge in [-0.05, 0) is 6.42 Å². The summed E-state index contributed by atoms with van der Waals surface area (Å²) in [5, 5.41) is 9.14. The van der Waals surface area contributed by atoms with Crippen molar-refractivity contribution in [1.82, 2.24) is 0 Å². The molecule has 0 spiro atoms. The maximum Gasteiger partial charge on any atom is 0.0662 e. The predicted octanol–water partition coefficient (Wildman–Crippen LogP) is 2.06. The molecule has 0 aliphatic rings. The number of aliphatic hydroxyl groups excluding tert-OH is 1. The van der Waals surface area contributed by atoms with E-state index >= 15 is 0 Å². The molecule has 0 aromatic carbocycles. The smallest absolute Gasteiger partial charge is 0.0662 e. The lowest BCUT2D eigenvalue weighted by Crippen LogP contribution is -2.19. The molecule has 0 unspecified atom stereocenters. The molecule has 3 N–H and O–H groups in total. The van der Waals surface area contributed by atoms with Gasteiger partial charge >= 0.3 is 0 Å². The highest BCUT2D eigenvalue weighted by Crippen LogP contribution is 2.07. The van der Waals surface area contributed by atoms with Crippen LogP contribution < -0.4 is 5.73 Å². The standard InChI is InChI=1S/C10H23NO/c1-2-3-4-5-6-7-8-10(12)9-11/h10,12H,2-9,11H2,1H3/t10-/m0/s1. The van der Waals surface area contributed by atoms with Crippen molar-refractivity contribution in [2.24, 2.45) is 5.73 Å². The van der Waals surface area contributed by atoms with Gasteiger partial charge in [0.25, 0.3) is 0 Å². The third-order valence-electron chi connectivity index (χ3n) is 2.16. The minimum absolute atomic E-state index is 0.267. The molecule has 0 aliphatic heterocycles. The van der Waals surface area contributed by atoms with Crippen molar-refractivity contribution in [3.8, 4) is 0 Å². The van der Waals surface area contributed by atoms with Gasteiger partial charge in [-0.15, -0.1) is 0 Å². The average Bonchev–Trinajstić information content (AvgIpc) is 2.10. The van der Waals surface area contributed by atoms with E-state index in [0.717, 1.165) is 12.8 Å². The molecular weight excluding hydrogens is 150 g/mol. The van der Waals surface area contributed by atoms with Gasteiger partial charge < -0.3 is 10.8 Å². The summed E-state index contributed by atoms with van der Waals surface area (Å²) in [7, 11) is 0. The molecule has 0 aromatic rings. The molecular formula is C10H23NO. The van der Waals surface area contributed by atoms with Crippen LogP contribution in [-0.2, 0) is 0 Å². The Morgan fingerprint density at radius 1 is 1.08 bits per heavy atom. The van der Waals surface area contributed by atoms with E-state index in [1.165, 1.54) is 32.1 Å². The molecule has 0 aromatic heterocycles. The monoisotopic (exact) mass is 173 g/mol. The van der Waals surface area contributed by atoms with Crippen LogP contribution >= 0.6 is 0 Å². The molecule has 74 valence electrons. The summed E-state index contributed by atoms with van der Waals surface area (Å²) in [4.78, 5) is 0. The van der Waals surface area contributed by atoms with E-state index in [1.54, 1.807) is 0 Å². The summed E-state index contributed by atoms with van der Waals surface area (Å²) in [5.74, 6) is 0. The lowest BCUT2D eigenvalue weighted by Gasteiger charge is -2.06.